The highest BCUT2D eigenvalue weighted by molar-refractivity contribution is 7.99. The Bertz CT molecular complexity index is 545. The molecule has 1 aromatic rings. The molecule has 2 rings (SSSR count). The minimum atomic E-state index is 0.198. The molecule has 0 aromatic heterocycles. The van der Waals surface area contributed by atoms with Gasteiger partial charge in [-0.15, -0.1) is 11.8 Å². The molecule has 1 aliphatic rings. The average Bonchev–Trinajstić information content (AvgIpc) is 2.49. The number of fused-ring (bicyclic) bond motifs is 1. The van der Waals surface area contributed by atoms with Gasteiger partial charge in [-0.25, -0.2) is 0 Å². The summed E-state index contributed by atoms with van der Waals surface area (Å²) in [4.78, 5) is 13.5. The lowest BCUT2D eigenvalue weighted by Crippen LogP contribution is -2.23. The molecular weight excluding hydrogens is 300 g/mol. The van der Waals surface area contributed by atoms with Gasteiger partial charge in [0.25, 0.3) is 0 Å². The number of carbonyl (C=O) groups excluding carboxylic acids is 1. The predicted molar refractivity (Wildman–Crippen MR) is 102 cm³/mol. The first-order valence-electron chi connectivity index (χ1n) is 9.27. The third-order valence-corrected chi connectivity index (χ3v) is 6.16. The fourth-order valence-corrected chi connectivity index (χ4v) is 5.00. The number of thioether (sulfide) groups is 1. The van der Waals surface area contributed by atoms with E-state index in [0.717, 1.165) is 12.0 Å². The first kappa shape index (κ1) is 18.6. The van der Waals surface area contributed by atoms with E-state index in [-0.39, 0.29) is 11.2 Å². The zero-order chi connectivity index (χ0) is 16.9. The van der Waals surface area contributed by atoms with Crippen LogP contribution < -0.4 is 0 Å². The Morgan fingerprint density at radius 2 is 1.83 bits per heavy atom. The van der Waals surface area contributed by atoms with Gasteiger partial charge in [0, 0.05) is 10.5 Å². The maximum atomic E-state index is 12.1. The average molecular weight is 333 g/mol. The Kier molecular flexibility index (Phi) is 6.76. The zero-order valence-electron chi connectivity index (χ0n) is 15.3. The number of hydrogen-bond donors (Lipinski definition) is 0. The first-order valence-corrected chi connectivity index (χ1v) is 10.3. The molecule has 0 fully saturated rings. The maximum Gasteiger partial charge on any atom is 0.160 e. The number of unbranched alkanes of at least 4 members (excludes halogenated alkanes) is 5. The van der Waals surface area contributed by atoms with Crippen molar-refractivity contribution in [3.05, 3.63) is 28.8 Å². The highest BCUT2D eigenvalue weighted by Crippen LogP contribution is 2.42. The molecule has 1 aromatic carbocycles. The first-order chi connectivity index (χ1) is 11.0. The van der Waals surface area contributed by atoms with Crippen molar-refractivity contribution in [1.29, 1.82) is 0 Å². The normalized spacial score (nSPS) is 16.2. The van der Waals surface area contributed by atoms with Gasteiger partial charge in [-0.2, -0.15) is 0 Å². The molecule has 0 atom stereocenters. The quantitative estimate of drug-likeness (QED) is 0.396. The SMILES string of the molecule is CCCCCCCCc1cc2c(cc1C(C)=O)C(C)(C)CCS2. The van der Waals surface area contributed by atoms with Crippen molar-refractivity contribution in [1.82, 2.24) is 0 Å². The highest BCUT2D eigenvalue weighted by atomic mass is 32.2. The molecule has 1 nitrogen and oxygen atoms in total. The lowest BCUT2D eigenvalue weighted by atomic mass is 9.79. The molecule has 128 valence electrons. The summed E-state index contributed by atoms with van der Waals surface area (Å²) >= 11 is 1.96. The van der Waals surface area contributed by atoms with Crippen LogP contribution in [0, 0.1) is 0 Å². The lowest BCUT2D eigenvalue weighted by molar-refractivity contribution is 0.101. The molecule has 2 heteroatoms. The summed E-state index contributed by atoms with van der Waals surface area (Å²) in [6.07, 6.45) is 10.1. The van der Waals surface area contributed by atoms with E-state index in [2.05, 4.69) is 32.9 Å². The van der Waals surface area contributed by atoms with Crippen molar-refractivity contribution in [2.24, 2.45) is 0 Å². The summed E-state index contributed by atoms with van der Waals surface area (Å²) in [5.74, 6) is 1.41. The lowest BCUT2D eigenvalue weighted by Gasteiger charge is -2.33. The van der Waals surface area contributed by atoms with E-state index >= 15 is 0 Å². The Labute approximate surface area is 146 Å². The van der Waals surface area contributed by atoms with Gasteiger partial charge in [0.2, 0.25) is 0 Å². The number of benzene rings is 1. The second kappa shape index (κ2) is 8.37. The monoisotopic (exact) mass is 332 g/mol. The predicted octanol–water partition coefficient (Wildman–Crippen LogP) is 6.57. The second-order valence-electron chi connectivity index (χ2n) is 7.56. The molecule has 0 aliphatic carbocycles. The number of hydrogen-bond acceptors (Lipinski definition) is 2. The van der Waals surface area contributed by atoms with Gasteiger partial charge in [-0.3, -0.25) is 4.79 Å². The zero-order valence-corrected chi connectivity index (χ0v) is 16.2. The van der Waals surface area contributed by atoms with E-state index in [9.17, 15) is 4.79 Å². The fourth-order valence-electron chi connectivity index (χ4n) is 3.45. The van der Waals surface area contributed by atoms with E-state index in [1.54, 1.807) is 6.92 Å². The second-order valence-corrected chi connectivity index (χ2v) is 8.70. The number of Topliss-reactive ketones (excluding diaryl/α,β-unsaturated/α-hetero) is 1. The van der Waals surface area contributed by atoms with Crippen molar-refractivity contribution in [2.75, 3.05) is 5.75 Å². The van der Waals surface area contributed by atoms with Crippen molar-refractivity contribution < 1.29 is 4.79 Å². The number of ketones is 1. The summed E-state index contributed by atoms with van der Waals surface area (Å²) in [6.45, 7) is 8.59. The molecule has 0 unspecified atom stereocenters. The van der Waals surface area contributed by atoms with Crippen molar-refractivity contribution in [3.63, 3.8) is 0 Å². The van der Waals surface area contributed by atoms with Crippen LogP contribution in [-0.2, 0) is 11.8 Å². The molecule has 0 saturated heterocycles. The standard InChI is InChI=1S/C21H32OS/c1-5-6-7-8-9-10-11-17-14-20-19(15-18(17)16(2)22)21(3,4)12-13-23-20/h14-15H,5-13H2,1-4H3. The summed E-state index contributed by atoms with van der Waals surface area (Å²) in [6, 6.07) is 4.53. The van der Waals surface area contributed by atoms with Crippen LogP contribution in [-0.4, -0.2) is 11.5 Å². The number of carbonyl (C=O) groups is 1. The van der Waals surface area contributed by atoms with Crippen LogP contribution in [0.3, 0.4) is 0 Å². The maximum absolute atomic E-state index is 12.1. The minimum absolute atomic E-state index is 0.198. The van der Waals surface area contributed by atoms with Gasteiger partial charge in [0.1, 0.15) is 0 Å². The van der Waals surface area contributed by atoms with Gasteiger partial charge >= 0.3 is 0 Å². The third kappa shape index (κ3) is 4.86. The Morgan fingerprint density at radius 1 is 1.13 bits per heavy atom. The molecule has 0 N–H and O–H groups in total. The minimum Gasteiger partial charge on any atom is -0.295 e. The van der Waals surface area contributed by atoms with Gasteiger partial charge in [0.05, 0.1) is 0 Å². The van der Waals surface area contributed by atoms with Crippen LogP contribution in [0.1, 0.15) is 94.1 Å². The largest absolute Gasteiger partial charge is 0.295 e. The molecule has 0 amide bonds. The van der Waals surface area contributed by atoms with Crippen LogP contribution in [0.4, 0.5) is 0 Å². The van der Waals surface area contributed by atoms with E-state index in [1.165, 1.54) is 66.7 Å². The summed E-state index contributed by atoms with van der Waals surface area (Å²) in [7, 11) is 0. The summed E-state index contributed by atoms with van der Waals surface area (Å²) in [5.41, 5.74) is 3.82. The summed E-state index contributed by atoms with van der Waals surface area (Å²) < 4.78 is 0. The van der Waals surface area contributed by atoms with Crippen LogP contribution in [0.25, 0.3) is 0 Å². The molecule has 23 heavy (non-hydrogen) atoms. The van der Waals surface area contributed by atoms with Gasteiger partial charge in [-0.05, 0) is 60.6 Å². The topological polar surface area (TPSA) is 17.1 Å². The number of aryl methyl sites for hydroxylation is 1. The van der Waals surface area contributed by atoms with Crippen LogP contribution >= 0.6 is 11.8 Å². The molecular formula is C21H32OS. The summed E-state index contributed by atoms with van der Waals surface area (Å²) in [5, 5.41) is 0. The van der Waals surface area contributed by atoms with Crippen LogP contribution in [0.2, 0.25) is 0 Å². The Hall–Kier alpha value is -0.760. The van der Waals surface area contributed by atoms with Gasteiger partial charge < -0.3 is 0 Å². The smallest absolute Gasteiger partial charge is 0.160 e. The molecule has 0 bridgehead atoms. The van der Waals surface area contributed by atoms with Gasteiger partial charge in [-0.1, -0.05) is 52.9 Å². The van der Waals surface area contributed by atoms with E-state index < -0.39 is 0 Å². The van der Waals surface area contributed by atoms with Crippen molar-refractivity contribution in [2.45, 2.75) is 89.4 Å². The molecule has 0 saturated carbocycles. The van der Waals surface area contributed by atoms with E-state index in [4.69, 9.17) is 0 Å². The van der Waals surface area contributed by atoms with Gasteiger partial charge in [0.15, 0.2) is 5.78 Å². The van der Waals surface area contributed by atoms with E-state index in [1.807, 2.05) is 11.8 Å². The van der Waals surface area contributed by atoms with Crippen LogP contribution in [0.5, 0.6) is 0 Å². The molecule has 0 spiro atoms. The van der Waals surface area contributed by atoms with Crippen molar-refractivity contribution >= 4 is 17.5 Å². The third-order valence-electron chi connectivity index (χ3n) is 5.10. The number of rotatable bonds is 8. The van der Waals surface area contributed by atoms with E-state index in [0.29, 0.717) is 0 Å². The Morgan fingerprint density at radius 3 is 2.52 bits per heavy atom. The molecule has 0 radical (unpaired) electrons. The molecule has 1 aliphatic heterocycles. The highest BCUT2D eigenvalue weighted by Gasteiger charge is 2.29. The fraction of sp³-hybridized carbons (Fsp3) is 0.667. The van der Waals surface area contributed by atoms with Crippen LogP contribution in [0.15, 0.2) is 17.0 Å². The molecule has 1 heterocycles. The van der Waals surface area contributed by atoms with Crippen molar-refractivity contribution in [3.8, 4) is 0 Å². The Balaban J connectivity index is 2.11.